The molecular weight excluding hydrogens is 130 g/mol. The Morgan fingerprint density at radius 1 is 2.00 bits per heavy atom. The number of nitrogens with one attached hydrogen (secondary N) is 1. The Hall–Kier alpha value is -0.0900. The van der Waals surface area contributed by atoms with Crippen molar-refractivity contribution in [3.63, 3.8) is 0 Å². The van der Waals surface area contributed by atoms with Crippen LogP contribution in [0.1, 0.15) is 0 Å². The molecule has 0 spiro atoms. The van der Waals surface area contributed by atoms with E-state index in [0.29, 0.717) is 0 Å². The number of carbonyl (C=O) groups excluding carboxylic acids is 1. The number of hydrogen-bond acceptors (Lipinski definition) is 3. The van der Waals surface area contributed by atoms with Crippen LogP contribution in [0.5, 0.6) is 0 Å². The summed E-state index contributed by atoms with van der Waals surface area (Å²) in [6, 6.07) is 0. The number of hydrogen-bond donors (Lipinski definition) is 2. The zero-order valence-corrected chi connectivity index (χ0v) is 5.26. The molecule has 7 heavy (non-hydrogen) atoms. The molecule has 4 heteroatoms. The van der Waals surface area contributed by atoms with Gasteiger partial charge < -0.3 is 0 Å². The quantitative estimate of drug-likeness (QED) is 0.253. The van der Waals surface area contributed by atoms with Crippen molar-refractivity contribution in [2.45, 2.75) is 0 Å². The molecule has 1 amide bonds. The molecule has 0 aliphatic heterocycles. The van der Waals surface area contributed by atoms with Gasteiger partial charge in [0.15, 0.2) is 0 Å². The second-order valence-electron chi connectivity index (χ2n) is 0.762. The minimum Gasteiger partial charge on any atom is -0.288 e. The van der Waals surface area contributed by atoms with Gasteiger partial charge in [-0.25, -0.2) is 0 Å². The summed E-state index contributed by atoms with van der Waals surface area (Å²) in [6.07, 6.45) is 1.18. The highest BCUT2D eigenvalue weighted by Crippen LogP contribution is 1.95. The van der Waals surface area contributed by atoms with Crippen LogP contribution in [0.25, 0.3) is 0 Å². The summed E-state index contributed by atoms with van der Waals surface area (Å²) in [5.74, 6) is -0.222. The fraction of sp³-hybridized carbons (Fsp3) is 0. The fourth-order valence-electron chi connectivity index (χ4n) is 0.0867. The summed E-state index contributed by atoms with van der Waals surface area (Å²) in [7, 11) is 0.958. The van der Waals surface area contributed by atoms with E-state index in [1.165, 1.54) is 6.08 Å². The van der Waals surface area contributed by atoms with Crippen LogP contribution in [0.15, 0.2) is 12.7 Å². The van der Waals surface area contributed by atoms with E-state index in [1.54, 1.807) is 0 Å². The lowest BCUT2D eigenvalue weighted by atomic mass is 10.6. The van der Waals surface area contributed by atoms with Crippen molar-refractivity contribution in [3.05, 3.63) is 12.7 Å². The number of thiol groups is 1. The Morgan fingerprint density at radius 2 is 2.57 bits per heavy atom. The Morgan fingerprint density at radius 3 is 2.71 bits per heavy atom. The predicted octanol–water partition coefficient (Wildman–Crippen LogP) is 0.782. The first-order chi connectivity index (χ1) is 3.31. The van der Waals surface area contributed by atoms with E-state index in [0.717, 1.165) is 11.0 Å². The maximum atomic E-state index is 10.1. The zero-order valence-electron chi connectivity index (χ0n) is 3.55. The third-order valence-corrected chi connectivity index (χ3v) is 0.898. The van der Waals surface area contributed by atoms with Crippen molar-refractivity contribution in [1.82, 2.24) is 4.72 Å². The lowest BCUT2D eigenvalue weighted by molar-refractivity contribution is -0.114. The molecule has 40 valence electrons. The van der Waals surface area contributed by atoms with Gasteiger partial charge in [0.25, 0.3) is 5.91 Å². The molecule has 0 aromatic rings. The van der Waals surface area contributed by atoms with Gasteiger partial charge in [-0.3, -0.25) is 9.52 Å². The van der Waals surface area contributed by atoms with Gasteiger partial charge in [-0.1, -0.05) is 18.2 Å². The van der Waals surface area contributed by atoms with Crippen LogP contribution in [-0.2, 0) is 4.79 Å². The van der Waals surface area contributed by atoms with E-state index in [1.807, 2.05) is 0 Å². The molecule has 0 saturated heterocycles. The van der Waals surface area contributed by atoms with Gasteiger partial charge in [0, 0.05) is 11.0 Å². The van der Waals surface area contributed by atoms with Gasteiger partial charge in [0.2, 0.25) is 0 Å². The Bertz CT molecular complexity index is 83.0. The Kier molecular flexibility index (Phi) is 4.03. The molecule has 0 aromatic heterocycles. The normalized spacial score (nSPS) is 7.57. The summed E-state index contributed by atoms with van der Waals surface area (Å²) < 4.78 is 2.32. The third kappa shape index (κ3) is 3.75. The lowest BCUT2D eigenvalue weighted by Gasteiger charge is -1.88. The molecule has 0 radical (unpaired) electrons. The van der Waals surface area contributed by atoms with Gasteiger partial charge in [0.05, 0.1) is 0 Å². The first-order valence-electron chi connectivity index (χ1n) is 1.54. The summed E-state index contributed by atoms with van der Waals surface area (Å²) >= 11 is 3.65. The molecule has 0 unspecified atom stereocenters. The van der Waals surface area contributed by atoms with E-state index >= 15 is 0 Å². The molecule has 2 nitrogen and oxygen atoms in total. The van der Waals surface area contributed by atoms with Crippen molar-refractivity contribution in [2.24, 2.45) is 0 Å². The smallest absolute Gasteiger partial charge is 0.253 e. The van der Waals surface area contributed by atoms with Crippen molar-refractivity contribution < 1.29 is 4.79 Å². The minimum absolute atomic E-state index is 0.222. The SMILES string of the molecule is C=CC(=O)NSS. The molecule has 0 aromatic carbocycles. The van der Waals surface area contributed by atoms with Gasteiger partial charge in [-0.15, -0.1) is 0 Å². The van der Waals surface area contributed by atoms with Crippen LogP contribution in [0.2, 0.25) is 0 Å². The largest absolute Gasteiger partial charge is 0.288 e. The maximum Gasteiger partial charge on any atom is 0.253 e. The summed E-state index contributed by atoms with van der Waals surface area (Å²) in [6.45, 7) is 3.22. The standard InChI is InChI=1S/C3H5NOS2/c1-2-3(5)4-7-6/h2,6H,1H2,(H,4,5). The molecule has 0 fully saturated rings. The molecule has 0 saturated carbocycles. The molecule has 0 atom stereocenters. The van der Waals surface area contributed by atoms with Crippen LogP contribution in [0.4, 0.5) is 0 Å². The van der Waals surface area contributed by atoms with Crippen LogP contribution < -0.4 is 4.72 Å². The summed E-state index contributed by atoms with van der Waals surface area (Å²) in [5.41, 5.74) is 0. The highest BCUT2D eigenvalue weighted by atomic mass is 33.1. The fourth-order valence-corrected chi connectivity index (χ4v) is 0.530. The molecule has 0 rings (SSSR count). The Balaban J connectivity index is 3.17. The van der Waals surface area contributed by atoms with Gasteiger partial charge in [-0.2, -0.15) is 0 Å². The predicted molar refractivity (Wildman–Crippen MR) is 34.9 cm³/mol. The molecule has 1 N–H and O–H groups in total. The van der Waals surface area contributed by atoms with Crippen LogP contribution in [-0.4, -0.2) is 5.91 Å². The first-order valence-corrected chi connectivity index (χ1v) is 3.41. The van der Waals surface area contributed by atoms with E-state index < -0.39 is 0 Å². The lowest BCUT2D eigenvalue weighted by Crippen LogP contribution is -2.08. The van der Waals surface area contributed by atoms with E-state index in [9.17, 15) is 4.79 Å². The second-order valence-corrected chi connectivity index (χ2v) is 1.70. The minimum atomic E-state index is -0.222. The molecule has 0 aliphatic carbocycles. The topological polar surface area (TPSA) is 29.1 Å². The van der Waals surface area contributed by atoms with Gasteiger partial charge in [-0.05, 0) is 6.08 Å². The van der Waals surface area contributed by atoms with Crippen molar-refractivity contribution >= 4 is 28.5 Å². The number of carbonyl (C=O) groups is 1. The average molecular weight is 135 g/mol. The first kappa shape index (κ1) is 6.91. The van der Waals surface area contributed by atoms with Gasteiger partial charge in [0.1, 0.15) is 0 Å². The molecule has 0 bridgehead atoms. The van der Waals surface area contributed by atoms with Crippen LogP contribution >= 0.6 is 22.6 Å². The second kappa shape index (κ2) is 4.08. The van der Waals surface area contributed by atoms with E-state index in [2.05, 4.69) is 23.0 Å². The third-order valence-electron chi connectivity index (χ3n) is 0.332. The Labute approximate surface area is 51.3 Å². The molecule has 0 heterocycles. The monoisotopic (exact) mass is 135 g/mol. The van der Waals surface area contributed by atoms with Crippen molar-refractivity contribution in [3.8, 4) is 0 Å². The molecule has 0 aliphatic rings. The average Bonchev–Trinajstić information content (AvgIpc) is 1.68. The summed E-state index contributed by atoms with van der Waals surface area (Å²) in [5, 5.41) is 0. The number of amides is 1. The highest BCUT2D eigenvalue weighted by Gasteiger charge is 1.85. The summed E-state index contributed by atoms with van der Waals surface area (Å²) in [4.78, 5) is 10.1. The maximum absolute atomic E-state index is 10.1. The zero-order chi connectivity index (χ0) is 5.70. The van der Waals surface area contributed by atoms with Crippen molar-refractivity contribution in [2.75, 3.05) is 0 Å². The number of rotatable bonds is 2. The molecular formula is C3H5NOS2. The van der Waals surface area contributed by atoms with E-state index in [-0.39, 0.29) is 5.91 Å². The van der Waals surface area contributed by atoms with Crippen LogP contribution in [0.3, 0.4) is 0 Å². The van der Waals surface area contributed by atoms with Crippen molar-refractivity contribution in [1.29, 1.82) is 0 Å². The van der Waals surface area contributed by atoms with Gasteiger partial charge >= 0.3 is 0 Å². The highest BCUT2D eigenvalue weighted by molar-refractivity contribution is 8.68. The van der Waals surface area contributed by atoms with Crippen LogP contribution in [0, 0.1) is 0 Å². The van der Waals surface area contributed by atoms with E-state index in [4.69, 9.17) is 0 Å².